The number of esters is 1. The van der Waals surface area contributed by atoms with Crippen molar-refractivity contribution < 1.29 is 9.53 Å². The first kappa shape index (κ1) is 13.0. The van der Waals surface area contributed by atoms with Gasteiger partial charge in [0.05, 0.1) is 7.11 Å². The van der Waals surface area contributed by atoms with E-state index in [0.717, 1.165) is 6.42 Å². The Hall–Kier alpha value is -1.05. The highest BCUT2D eigenvalue weighted by Gasteiger charge is 2.36. The lowest BCUT2D eigenvalue weighted by atomic mass is 9.63. The number of hydrogen-bond donors (Lipinski definition) is 0. The molecule has 0 saturated carbocycles. The van der Waals surface area contributed by atoms with Crippen LogP contribution in [-0.4, -0.2) is 13.1 Å². The average Bonchev–Trinajstić information content (AvgIpc) is 2.23. The number of carbonyl (C=O) groups is 1. The molecule has 0 aromatic heterocycles. The number of hydrogen-bond acceptors (Lipinski definition) is 2. The van der Waals surface area contributed by atoms with E-state index in [2.05, 4.69) is 38.5 Å². The van der Waals surface area contributed by atoms with Gasteiger partial charge >= 0.3 is 5.97 Å². The van der Waals surface area contributed by atoms with Crippen molar-refractivity contribution >= 4 is 5.97 Å². The molecule has 0 heterocycles. The fraction of sp³-hybridized carbons (Fsp3) is 0.643. The molecule has 0 spiro atoms. The first-order valence-electron chi connectivity index (χ1n) is 5.82. The second kappa shape index (κ2) is 4.86. The van der Waals surface area contributed by atoms with Gasteiger partial charge in [-0.25, -0.2) is 4.79 Å². The summed E-state index contributed by atoms with van der Waals surface area (Å²) in [6.45, 7) is 8.93. The summed E-state index contributed by atoms with van der Waals surface area (Å²) in [5.74, 6) is 0.681. The number of methoxy groups -OCH3 is 1. The van der Waals surface area contributed by atoms with Gasteiger partial charge in [-0.15, -0.1) is 0 Å². The highest BCUT2D eigenvalue weighted by Crippen LogP contribution is 2.45. The van der Waals surface area contributed by atoms with Crippen molar-refractivity contribution in [3.05, 3.63) is 23.8 Å². The number of rotatable bonds is 2. The van der Waals surface area contributed by atoms with Gasteiger partial charge in [-0.1, -0.05) is 38.5 Å². The van der Waals surface area contributed by atoms with E-state index in [1.54, 1.807) is 6.08 Å². The molecule has 0 amide bonds. The van der Waals surface area contributed by atoms with Gasteiger partial charge in [-0.3, -0.25) is 0 Å². The van der Waals surface area contributed by atoms with Gasteiger partial charge in [0.1, 0.15) is 0 Å². The summed E-state index contributed by atoms with van der Waals surface area (Å²) in [5, 5.41) is 0. The van der Waals surface area contributed by atoms with E-state index in [1.807, 2.05) is 6.08 Å². The molecular formula is C14H22O2. The Balaban J connectivity index is 2.91. The lowest BCUT2D eigenvalue weighted by molar-refractivity contribution is -0.134. The maximum absolute atomic E-state index is 11.1. The minimum atomic E-state index is -0.276. The van der Waals surface area contributed by atoms with Gasteiger partial charge in [0.2, 0.25) is 0 Å². The van der Waals surface area contributed by atoms with E-state index in [1.165, 1.54) is 12.7 Å². The summed E-state index contributed by atoms with van der Waals surface area (Å²) in [6, 6.07) is 0. The monoisotopic (exact) mass is 222 g/mol. The molecule has 0 bridgehead atoms. The first-order valence-corrected chi connectivity index (χ1v) is 5.82. The van der Waals surface area contributed by atoms with Crippen LogP contribution in [0.4, 0.5) is 0 Å². The summed E-state index contributed by atoms with van der Waals surface area (Å²) < 4.78 is 4.63. The Labute approximate surface area is 98.4 Å². The fourth-order valence-electron chi connectivity index (χ4n) is 2.33. The second-order valence-corrected chi connectivity index (χ2v) is 5.27. The minimum absolute atomic E-state index is 0.198. The van der Waals surface area contributed by atoms with E-state index in [9.17, 15) is 4.79 Å². The molecule has 0 radical (unpaired) electrons. The lowest BCUT2D eigenvalue weighted by Crippen LogP contribution is -2.33. The molecule has 0 saturated heterocycles. The van der Waals surface area contributed by atoms with Crippen LogP contribution in [-0.2, 0) is 9.53 Å². The second-order valence-electron chi connectivity index (χ2n) is 5.27. The van der Waals surface area contributed by atoms with Crippen molar-refractivity contribution in [1.82, 2.24) is 0 Å². The third kappa shape index (κ3) is 2.55. The Bertz CT molecular complexity index is 324. The number of carbonyl (C=O) groups excluding carboxylic acids is 1. The Morgan fingerprint density at radius 2 is 2.19 bits per heavy atom. The summed E-state index contributed by atoms with van der Waals surface area (Å²) in [4.78, 5) is 11.1. The molecule has 2 heteroatoms. The van der Waals surface area contributed by atoms with E-state index in [4.69, 9.17) is 0 Å². The molecule has 0 aromatic rings. The molecule has 1 aliphatic carbocycles. The summed E-state index contributed by atoms with van der Waals surface area (Å²) >= 11 is 0. The minimum Gasteiger partial charge on any atom is -0.466 e. The standard InChI is InChI=1S/C14H22O2/c1-10-6-7-11(2)14(3,4)12(10)8-9-13(15)16-5/h6,8-9,11-12H,7H2,1-5H3/b9-8+. The molecule has 0 aromatic carbocycles. The van der Waals surface area contributed by atoms with Crippen molar-refractivity contribution in [2.75, 3.05) is 7.11 Å². The third-order valence-corrected chi connectivity index (χ3v) is 3.98. The molecule has 0 aliphatic heterocycles. The van der Waals surface area contributed by atoms with Crippen molar-refractivity contribution in [2.24, 2.45) is 17.3 Å². The zero-order valence-electron chi connectivity index (χ0n) is 10.9. The van der Waals surface area contributed by atoms with Crippen LogP contribution in [0.2, 0.25) is 0 Å². The fourth-order valence-corrected chi connectivity index (χ4v) is 2.33. The Morgan fingerprint density at radius 1 is 1.56 bits per heavy atom. The maximum atomic E-state index is 11.1. The van der Waals surface area contributed by atoms with Gasteiger partial charge in [0, 0.05) is 12.0 Å². The molecule has 0 N–H and O–H groups in total. The van der Waals surface area contributed by atoms with Gasteiger partial charge in [0.25, 0.3) is 0 Å². The topological polar surface area (TPSA) is 26.3 Å². The van der Waals surface area contributed by atoms with E-state index < -0.39 is 0 Å². The quantitative estimate of drug-likeness (QED) is 0.407. The number of ether oxygens (including phenoxy) is 1. The molecule has 2 unspecified atom stereocenters. The van der Waals surface area contributed by atoms with Crippen LogP contribution in [0.1, 0.15) is 34.1 Å². The van der Waals surface area contributed by atoms with E-state index in [-0.39, 0.29) is 11.4 Å². The molecule has 2 atom stereocenters. The summed E-state index contributed by atoms with van der Waals surface area (Å²) in [7, 11) is 1.41. The van der Waals surface area contributed by atoms with Gasteiger partial charge < -0.3 is 4.74 Å². The molecule has 2 nitrogen and oxygen atoms in total. The molecule has 1 rings (SSSR count). The van der Waals surface area contributed by atoms with Crippen LogP contribution >= 0.6 is 0 Å². The summed E-state index contributed by atoms with van der Waals surface area (Å²) in [6.07, 6.45) is 6.93. The molecular weight excluding hydrogens is 200 g/mol. The van der Waals surface area contributed by atoms with E-state index in [0.29, 0.717) is 11.8 Å². The highest BCUT2D eigenvalue weighted by atomic mass is 16.5. The van der Waals surface area contributed by atoms with E-state index >= 15 is 0 Å². The molecule has 1 aliphatic rings. The number of allylic oxidation sites excluding steroid dienone is 3. The smallest absolute Gasteiger partial charge is 0.330 e. The van der Waals surface area contributed by atoms with Crippen molar-refractivity contribution in [3.63, 3.8) is 0 Å². The van der Waals surface area contributed by atoms with Crippen LogP contribution in [0, 0.1) is 17.3 Å². The van der Waals surface area contributed by atoms with Crippen molar-refractivity contribution in [2.45, 2.75) is 34.1 Å². The lowest BCUT2D eigenvalue weighted by Gasteiger charge is -2.42. The third-order valence-electron chi connectivity index (χ3n) is 3.98. The Morgan fingerprint density at radius 3 is 2.75 bits per heavy atom. The highest BCUT2D eigenvalue weighted by molar-refractivity contribution is 5.81. The Kier molecular flexibility index (Phi) is 3.95. The zero-order chi connectivity index (χ0) is 12.3. The predicted octanol–water partition coefficient (Wildman–Crippen LogP) is 3.34. The van der Waals surface area contributed by atoms with Crippen LogP contribution in [0.15, 0.2) is 23.8 Å². The van der Waals surface area contributed by atoms with Crippen LogP contribution in [0.3, 0.4) is 0 Å². The molecule has 0 fully saturated rings. The average molecular weight is 222 g/mol. The first-order chi connectivity index (χ1) is 7.39. The normalized spacial score (nSPS) is 28.9. The van der Waals surface area contributed by atoms with Crippen LogP contribution in [0.5, 0.6) is 0 Å². The van der Waals surface area contributed by atoms with Gasteiger partial charge in [-0.05, 0) is 24.7 Å². The summed E-state index contributed by atoms with van der Waals surface area (Å²) in [5.41, 5.74) is 1.55. The maximum Gasteiger partial charge on any atom is 0.330 e. The van der Waals surface area contributed by atoms with Crippen LogP contribution < -0.4 is 0 Å². The predicted molar refractivity (Wildman–Crippen MR) is 66.0 cm³/mol. The van der Waals surface area contributed by atoms with Crippen LogP contribution in [0.25, 0.3) is 0 Å². The molecule has 16 heavy (non-hydrogen) atoms. The van der Waals surface area contributed by atoms with Crippen molar-refractivity contribution in [3.8, 4) is 0 Å². The van der Waals surface area contributed by atoms with Gasteiger partial charge in [0.15, 0.2) is 0 Å². The molecule has 90 valence electrons. The zero-order valence-corrected chi connectivity index (χ0v) is 10.9. The largest absolute Gasteiger partial charge is 0.466 e. The van der Waals surface area contributed by atoms with Gasteiger partial charge in [-0.2, -0.15) is 0 Å². The van der Waals surface area contributed by atoms with Crippen molar-refractivity contribution in [1.29, 1.82) is 0 Å². The SMILES string of the molecule is COC(=O)/C=C/C1C(C)=CCC(C)C1(C)C.